The molecule has 0 N–H and O–H groups in total. The lowest BCUT2D eigenvalue weighted by atomic mass is 9.88. The number of alkyl halides is 6. The maximum Gasteiger partial charge on any atom is 0.416 e. The molecule has 1 aliphatic heterocycles. The second-order valence-electron chi connectivity index (χ2n) is 8.08. The molecule has 1 unspecified atom stereocenters. The average Bonchev–Trinajstić information content (AvgIpc) is 2.73. The first-order valence-electron chi connectivity index (χ1n) is 10.1. The summed E-state index contributed by atoms with van der Waals surface area (Å²) in [6, 6.07) is 9.61. The van der Waals surface area contributed by atoms with Gasteiger partial charge in [0.1, 0.15) is 12.1 Å². The fourth-order valence-corrected chi connectivity index (χ4v) is 3.90. The Balaban J connectivity index is 1.73. The molecule has 2 aromatic rings. The molecule has 0 saturated carbocycles. The van der Waals surface area contributed by atoms with E-state index in [0.29, 0.717) is 18.5 Å². The van der Waals surface area contributed by atoms with E-state index < -0.39 is 41.6 Å². The topological polar surface area (TPSA) is 29.5 Å². The van der Waals surface area contributed by atoms with E-state index in [2.05, 4.69) is 0 Å². The summed E-state index contributed by atoms with van der Waals surface area (Å²) in [6.45, 7) is 1.89. The lowest BCUT2D eigenvalue weighted by molar-refractivity contribution is -0.163. The van der Waals surface area contributed by atoms with Crippen molar-refractivity contribution in [1.29, 1.82) is 0 Å². The number of hydrogen-bond acceptors (Lipinski definition) is 3. The second kappa shape index (κ2) is 9.13. The van der Waals surface area contributed by atoms with Crippen molar-refractivity contribution in [3.8, 4) is 0 Å². The number of nitrogens with zero attached hydrogens (tertiary/aromatic N) is 1. The predicted molar refractivity (Wildman–Crippen MR) is 105 cm³/mol. The van der Waals surface area contributed by atoms with Crippen LogP contribution in [0.2, 0.25) is 0 Å². The smallest absolute Gasteiger partial charge is 0.416 e. The monoisotopic (exact) mass is 459 g/mol. The van der Waals surface area contributed by atoms with Gasteiger partial charge in [-0.25, -0.2) is 0 Å². The number of esters is 1. The van der Waals surface area contributed by atoms with Crippen molar-refractivity contribution in [2.45, 2.75) is 57.2 Å². The molecule has 1 fully saturated rings. The summed E-state index contributed by atoms with van der Waals surface area (Å²) < 4.78 is 83.3. The highest BCUT2D eigenvalue weighted by Gasteiger charge is 2.43. The standard InChI is InChI=1S/C23H23F6NO2/c1-21(20(31)32-15-17-6-2-3-7-19(17)23(27,28)29)12-4-5-13-30(21)14-16-8-10-18(11-9-16)22(24,25)26/h2-3,6-11H,4-5,12-15H2,1H3. The quantitative estimate of drug-likeness (QED) is 0.393. The van der Waals surface area contributed by atoms with Gasteiger partial charge in [0.25, 0.3) is 0 Å². The Morgan fingerprint density at radius 1 is 0.969 bits per heavy atom. The van der Waals surface area contributed by atoms with E-state index in [9.17, 15) is 31.1 Å². The van der Waals surface area contributed by atoms with Crippen LogP contribution in [0.3, 0.4) is 0 Å². The van der Waals surface area contributed by atoms with Gasteiger partial charge >= 0.3 is 18.3 Å². The van der Waals surface area contributed by atoms with Gasteiger partial charge in [0.2, 0.25) is 0 Å². The minimum absolute atomic E-state index is 0.137. The number of piperidine rings is 1. The SMILES string of the molecule is CC1(C(=O)OCc2ccccc2C(F)(F)F)CCCCN1Cc1ccc(C(F)(F)F)cc1. The number of likely N-dealkylation sites (tertiary alicyclic amines) is 1. The van der Waals surface area contributed by atoms with Gasteiger partial charge in [-0.05, 0) is 56.5 Å². The number of carbonyl (C=O) groups is 1. The Kier molecular flexibility index (Phi) is 6.88. The van der Waals surface area contributed by atoms with Crippen LogP contribution in [0.4, 0.5) is 26.3 Å². The van der Waals surface area contributed by atoms with Crippen molar-refractivity contribution in [2.75, 3.05) is 6.54 Å². The van der Waals surface area contributed by atoms with Gasteiger partial charge in [0, 0.05) is 12.1 Å². The van der Waals surface area contributed by atoms with Crippen LogP contribution in [-0.4, -0.2) is 23.0 Å². The third-order valence-corrected chi connectivity index (χ3v) is 5.82. The summed E-state index contributed by atoms with van der Waals surface area (Å²) in [5.41, 5.74) is -2.24. The highest BCUT2D eigenvalue weighted by atomic mass is 19.4. The zero-order chi connectivity index (χ0) is 23.6. The third kappa shape index (κ3) is 5.43. The molecule has 3 rings (SSSR count). The number of hydrogen-bond donors (Lipinski definition) is 0. The van der Waals surface area contributed by atoms with Gasteiger partial charge in [-0.2, -0.15) is 26.3 Å². The number of halogens is 6. The molecule has 0 aromatic heterocycles. The summed E-state index contributed by atoms with van der Waals surface area (Å²) in [4.78, 5) is 14.8. The molecule has 1 heterocycles. The lowest BCUT2D eigenvalue weighted by Crippen LogP contribution is -2.55. The Bertz CT molecular complexity index is 939. The van der Waals surface area contributed by atoms with Crippen LogP contribution in [0.25, 0.3) is 0 Å². The van der Waals surface area contributed by atoms with Crippen LogP contribution in [0.5, 0.6) is 0 Å². The Morgan fingerprint density at radius 3 is 2.25 bits per heavy atom. The van der Waals surface area contributed by atoms with E-state index >= 15 is 0 Å². The molecule has 3 nitrogen and oxygen atoms in total. The molecule has 32 heavy (non-hydrogen) atoms. The van der Waals surface area contributed by atoms with Crippen LogP contribution < -0.4 is 0 Å². The molecule has 1 saturated heterocycles. The van der Waals surface area contributed by atoms with Gasteiger partial charge in [-0.1, -0.05) is 30.3 Å². The molecule has 0 spiro atoms. The fraction of sp³-hybridized carbons (Fsp3) is 0.435. The van der Waals surface area contributed by atoms with Crippen molar-refractivity contribution in [1.82, 2.24) is 4.90 Å². The van der Waals surface area contributed by atoms with E-state index in [-0.39, 0.29) is 12.1 Å². The van der Waals surface area contributed by atoms with E-state index in [0.717, 1.165) is 31.0 Å². The lowest BCUT2D eigenvalue weighted by Gasteiger charge is -2.42. The predicted octanol–water partition coefficient (Wildman–Crippen LogP) is 6.21. The first kappa shape index (κ1) is 24.1. The highest BCUT2D eigenvalue weighted by Crippen LogP contribution is 2.35. The first-order chi connectivity index (χ1) is 14.9. The van der Waals surface area contributed by atoms with E-state index in [1.165, 1.54) is 30.3 Å². The molecule has 174 valence electrons. The minimum Gasteiger partial charge on any atom is -0.459 e. The van der Waals surface area contributed by atoms with Crippen LogP contribution >= 0.6 is 0 Å². The fourth-order valence-electron chi connectivity index (χ4n) is 3.90. The Morgan fingerprint density at radius 2 is 1.62 bits per heavy atom. The molecule has 0 amide bonds. The van der Waals surface area contributed by atoms with Crippen LogP contribution in [0, 0.1) is 0 Å². The highest BCUT2D eigenvalue weighted by molar-refractivity contribution is 5.80. The van der Waals surface area contributed by atoms with E-state index in [1.54, 1.807) is 6.92 Å². The molecular formula is C23H23F6NO2. The van der Waals surface area contributed by atoms with Crippen molar-refractivity contribution in [3.05, 3.63) is 70.8 Å². The molecule has 1 atom stereocenters. The maximum atomic E-state index is 13.2. The van der Waals surface area contributed by atoms with Gasteiger partial charge in [0.15, 0.2) is 0 Å². The zero-order valence-corrected chi connectivity index (χ0v) is 17.4. The second-order valence-corrected chi connectivity index (χ2v) is 8.08. The van der Waals surface area contributed by atoms with Gasteiger partial charge in [-0.3, -0.25) is 9.69 Å². The summed E-state index contributed by atoms with van der Waals surface area (Å²) >= 11 is 0. The van der Waals surface area contributed by atoms with Crippen molar-refractivity contribution in [2.24, 2.45) is 0 Å². The minimum atomic E-state index is -4.56. The number of rotatable bonds is 5. The maximum absolute atomic E-state index is 13.2. The molecule has 2 aromatic carbocycles. The Labute approximate surface area is 182 Å². The molecular weight excluding hydrogens is 436 g/mol. The molecule has 9 heteroatoms. The van der Waals surface area contributed by atoms with Crippen molar-refractivity contribution in [3.63, 3.8) is 0 Å². The van der Waals surface area contributed by atoms with E-state index in [4.69, 9.17) is 4.74 Å². The Hall–Kier alpha value is -2.55. The largest absolute Gasteiger partial charge is 0.459 e. The zero-order valence-electron chi connectivity index (χ0n) is 17.4. The van der Waals surface area contributed by atoms with Crippen LogP contribution in [0.15, 0.2) is 48.5 Å². The number of benzene rings is 2. The molecule has 0 aliphatic carbocycles. The number of carbonyl (C=O) groups excluding carboxylic acids is 1. The van der Waals surface area contributed by atoms with Gasteiger partial charge in [-0.15, -0.1) is 0 Å². The van der Waals surface area contributed by atoms with E-state index in [1.807, 2.05) is 4.90 Å². The summed E-state index contributed by atoms with van der Waals surface area (Å²) in [5, 5.41) is 0. The normalized spacial score (nSPS) is 20.2. The number of ether oxygens (including phenoxy) is 1. The molecule has 0 bridgehead atoms. The summed E-state index contributed by atoms with van der Waals surface area (Å²) in [7, 11) is 0. The average molecular weight is 459 g/mol. The van der Waals surface area contributed by atoms with Gasteiger partial charge in [0.05, 0.1) is 11.1 Å². The molecule has 0 radical (unpaired) electrons. The summed E-state index contributed by atoms with van der Waals surface area (Å²) in [6.07, 6.45) is -7.04. The van der Waals surface area contributed by atoms with Gasteiger partial charge < -0.3 is 4.74 Å². The summed E-state index contributed by atoms with van der Waals surface area (Å²) in [5.74, 6) is -0.652. The third-order valence-electron chi connectivity index (χ3n) is 5.82. The van der Waals surface area contributed by atoms with Crippen molar-refractivity contribution < 1.29 is 35.9 Å². The van der Waals surface area contributed by atoms with Crippen LogP contribution in [-0.2, 0) is 35.0 Å². The van der Waals surface area contributed by atoms with Crippen LogP contribution in [0.1, 0.15) is 48.4 Å². The van der Waals surface area contributed by atoms with Crippen molar-refractivity contribution >= 4 is 5.97 Å². The molecule has 1 aliphatic rings. The first-order valence-corrected chi connectivity index (χ1v) is 10.1.